The molecule has 1 aliphatic heterocycles. The molecule has 1 saturated heterocycles. The molecule has 1 fully saturated rings. The van der Waals surface area contributed by atoms with E-state index in [0.29, 0.717) is 11.3 Å². The molecular weight excluding hydrogens is 404 g/mol. The lowest BCUT2D eigenvalue weighted by molar-refractivity contribution is -0.130. The minimum Gasteiger partial charge on any atom is -0.322 e. The van der Waals surface area contributed by atoms with Gasteiger partial charge < -0.3 is 10.6 Å². The number of rotatable bonds is 2. The molecule has 29 heavy (non-hydrogen) atoms. The second-order valence-electron chi connectivity index (χ2n) is 7.66. The number of carbonyl (C=O) groups is 3. The van der Waals surface area contributed by atoms with Gasteiger partial charge in [-0.3, -0.25) is 14.5 Å². The number of likely N-dealkylation sites (N-methyl/N-ethyl adjacent to an activating group) is 1. The number of hydrogen-bond donors (Lipinski definition) is 2. The fourth-order valence-corrected chi connectivity index (χ4v) is 4.25. The highest BCUT2D eigenvalue weighted by atomic mass is 35.5. The van der Waals surface area contributed by atoms with Crippen molar-refractivity contribution in [3.63, 3.8) is 0 Å². The van der Waals surface area contributed by atoms with Crippen molar-refractivity contribution in [1.29, 1.82) is 0 Å². The Bertz CT molecular complexity index is 1030. The zero-order valence-electron chi connectivity index (χ0n) is 15.7. The monoisotopic (exact) mass is 421 g/mol. The Kier molecular flexibility index (Phi) is 4.31. The van der Waals surface area contributed by atoms with Crippen LogP contribution in [0.1, 0.15) is 41.3 Å². The number of fused-ring (bicyclic) bond motifs is 2. The van der Waals surface area contributed by atoms with Crippen molar-refractivity contribution in [2.75, 3.05) is 7.05 Å². The number of nitrogens with zero attached hydrogens (tertiary/aromatic N) is 1. The normalized spacial score (nSPS) is 28.2. The Labute approximate surface area is 170 Å². The topological polar surface area (TPSA) is 78.5 Å². The van der Waals surface area contributed by atoms with Gasteiger partial charge in [-0.25, -0.2) is 13.6 Å². The first-order chi connectivity index (χ1) is 13.6. The van der Waals surface area contributed by atoms with E-state index in [0.717, 1.165) is 11.0 Å². The van der Waals surface area contributed by atoms with E-state index in [2.05, 4.69) is 10.6 Å². The minimum absolute atomic E-state index is 0.00938. The Hall–Kier alpha value is -2.74. The van der Waals surface area contributed by atoms with Crippen molar-refractivity contribution in [3.05, 3.63) is 57.5 Å². The summed E-state index contributed by atoms with van der Waals surface area (Å²) in [5.74, 6) is -1.74. The van der Waals surface area contributed by atoms with Gasteiger partial charge in [-0.15, -0.1) is 0 Å². The average molecular weight is 422 g/mol. The van der Waals surface area contributed by atoms with Crippen LogP contribution in [0.4, 0.5) is 13.6 Å². The highest BCUT2D eigenvalue weighted by Gasteiger charge is 2.56. The van der Waals surface area contributed by atoms with E-state index in [9.17, 15) is 23.2 Å². The van der Waals surface area contributed by atoms with Crippen molar-refractivity contribution in [2.24, 2.45) is 0 Å². The zero-order valence-corrected chi connectivity index (χ0v) is 16.5. The summed E-state index contributed by atoms with van der Waals surface area (Å²) in [4.78, 5) is 38.4. The van der Waals surface area contributed by atoms with Gasteiger partial charge >= 0.3 is 6.03 Å². The molecule has 4 rings (SSSR count). The van der Waals surface area contributed by atoms with E-state index in [1.54, 1.807) is 0 Å². The van der Waals surface area contributed by atoms with Crippen molar-refractivity contribution in [2.45, 2.75) is 37.4 Å². The molecule has 0 saturated carbocycles. The summed E-state index contributed by atoms with van der Waals surface area (Å²) in [6.07, 6.45) is 3.27. The van der Waals surface area contributed by atoms with Crippen LogP contribution in [0, 0.1) is 5.82 Å². The largest absolute Gasteiger partial charge is 0.325 e. The van der Waals surface area contributed by atoms with Crippen LogP contribution in [0.2, 0.25) is 0 Å². The number of amides is 4. The molecular formula is C20H18ClF2N3O3. The van der Waals surface area contributed by atoms with Crippen LogP contribution in [-0.4, -0.2) is 35.5 Å². The average Bonchev–Trinajstić information content (AvgIpc) is 3.14. The summed E-state index contributed by atoms with van der Waals surface area (Å²) in [5, 5.41) is 5.20. The zero-order chi connectivity index (χ0) is 21.1. The molecule has 3 aliphatic rings. The van der Waals surface area contributed by atoms with Crippen molar-refractivity contribution in [3.8, 4) is 0 Å². The quantitative estimate of drug-likeness (QED) is 0.720. The van der Waals surface area contributed by atoms with Gasteiger partial charge in [0.15, 0.2) is 0 Å². The van der Waals surface area contributed by atoms with E-state index in [1.807, 2.05) is 0 Å². The maximum absolute atomic E-state index is 14.7. The molecule has 1 aromatic rings. The number of hydrogen-bond acceptors (Lipinski definition) is 3. The number of urea groups is 1. The van der Waals surface area contributed by atoms with Crippen LogP contribution >= 0.6 is 11.6 Å². The fraction of sp³-hybridized carbons (Fsp3) is 0.350. The Morgan fingerprint density at radius 2 is 2.07 bits per heavy atom. The third-order valence-electron chi connectivity index (χ3n) is 5.72. The van der Waals surface area contributed by atoms with Gasteiger partial charge in [0.2, 0.25) is 0 Å². The fourth-order valence-electron chi connectivity index (χ4n) is 4.06. The Balaban J connectivity index is 1.69. The van der Waals surface area contributed by atoms with Crippen LogP contribution in [-0.2, 0) is 16.8 Å². The van der Waals surface area contributed by atoms with Crippen LogP contribution in [0.15, 0.2) is 35.0 Å². The van der Waals surface area contributed by atoms with Gasteiger partial charge in [-0.05, 0) is 43.5 Å². The van der Waals surface area contributed by atoms with Gasteiger partial charge in [0.25, 0.3) is 11.8 Å². The maximum atomic E-state index is 14.7. The molecule has 152 valence electrons. The first kappa shape index (κ1) is 19.6. The van der Waals surface area contributed by atoms with Gasteiger partial charge in [0.1, 0.15) is 17.0 Å². The lowest BCUT2D eigenvalue weighted by Crippen LogP contribution is -2.42. The lowest BCUT2D eigenvalue weighted by atomic mass is 9.90. The molecule has 0 bridgehead atoms. The van der Waals surface area contributed by atoms with Crippen molar-refractivity contribution in [1.82, 2.24) is 15.5 Å². The van der Waals surface area contributed by atoms with Crippen LogP contribution in [0.25, 0.3) is 0 Å². The van der Waals surface area contributed by atoms with Gasteiger partial charge in [-0.2, -0.15) is 0 Å². The number of imide groups is 1. The SMILES string of the molecule is CN1C(=O)NC2(CCc3c(C(=O)NC4=CCC(C)(F)C(Cl)=C4)ccc(F)c32)C1=O. The number of allylic oxidation sites excluding steroid dienone is 3. The summed E-state index contributed by atoms with van der Waals surface area (Å²) < 4.78 is 28.8. The third-order valence-corrected chi connectivity index (χ3v) is 6.22. The summed E-state index contributed by atoms with van der Waals surface area (Å²) in [7, 11) is 1.32. The second-order valence-corrected chi connectivity index (χ2v) is 8.06. The molecule has 0 aromatic heterocycles. The number of benzene rings is 1. The molecule has 2 unspecified atom stereocenters. The summed E-state index contributed by atoms with van der Waals surface area (Å²) in [6.45, 7) is 1.34. The predicted molar refractivity (Wildman–Crippen MR) is 101 cm³/mol. The molecule has 2 atom stereocenters. The van der Waals surface area contributed by atoms with E-state index in [-0.39, 0.29) is 35.4 Å². The summed E-state index contributed by atoms with van der Waals surface area (Å²) >= 11 is 5.93. The number of carbonyl (C=O) groups excluding carboxylic acids is 3. The second kappa shape index (κ2) is 6.38. The van der Waals surface area contributed by atoms with Gasteiger partial charge in [0.05, 0.1) is 5.03 Å². The number of nitrogens with one attached hydrogen (secondary N) is 2. The minimum atomic E-state index is -1.69. The summed E-state index contributed by atoms with van der Waals surface area (Å²) in [5.41, 5.74) is -2.26. The van der Waals surface area contributed by atoms with Crippen LogP contribution in [0.3, 0.4) is 0 Å². The van der Waals surface area contributed by atoms with Crippen molar-refractivity contribution < 1.29 is 23.2 Å². The van der Waals surface area contributed by atoms with Crippen LogP contribution < -0.4 is 10.6 Å². The highest BCUT2D eigenvalue weighted by molar-refractivity contribution is 6.31. The van der Waals surface area contributed by atoms with E-state index >= 15 is 0 Å². The summed E-state index contributed by atoms with van der Waals surface area (Å²) in [6, 6.07) is 1.83. The first-order valence-corrected chi connectivity index (χ1v) is 9.45. The van der Waals surface area contributed by atoms with E-state index in [4.69, 9.17) is 11.6 Å². The first-order valence-electron chi connectivity index (χ1n) is 9.07. The molecule has 0 radical (unpaired) electrons. The molecule has 1 aromatic carbocycles. The molecule has 2 N–H and O–H groups in total. The van der Waals surface area contributed by atoms with Gasteiger partial charge in [0, 0.05) is 30.3 Å². The number of alkyl halides is 1. The third kappa shape index (κ3) is 2.85. The molecule has 9 heteroatoms. The van der Waals surface area contributed by atoms with Crippen LogP contribution in [0.5, 0.6) is 0 Å². The molecule has 1 heterocycles. The van der Waals surface area contributed by atoms with E-state index < -0.39 is 34.9 Å². The smallest absolute Gasteiger partial charge is 0.322 e. The van der Waals surface area contributed by atoms with Crippen molar-refractivity contribution >= 4 is 29.4 Å². The maximum Gasteiger partial charge on any atom is 0.325 e. The molecule has 1 spiro atoms. The lowest BCUT2D eigenvalue weighted by Gasteiger charge is -2.24. The number of halogens is 3. The predicted octanol–water partition coefficient (Wildman–Crippen LogP) is 3.02. The standard InChI is InChI=1S/C20H18ClF2N3O3/c1-19(23)7-5-10(9-14(19)21)24-16(27)12-3-4-13(22)15-11(12)6-8-20(15)17(28)26(2)18(29)25-20/h3-5,9H,6-8H2,1-2H3,(H,24,27)(H,25,29). The Morgan fingerprint density at radius 3 is 2.69 bits per heavy atom. The van der Waals surface area contributed by atoms with E-state index in [1.165, 1.54) is 32.2 Å². The molecule has 4 amide bonds. The molecule has 6 nitrogen and oxygen atoms in total. The Morgan fingerprint density at radius 1 is 1.34 bits per heavy atom. The highest BCUT2D eigenvalue weighted by Crippen LogP contribution is 2.44. The molecule has 2 aliphatic carbocycles. The van der Waals surface area contributed by atoms with Gasteiger partial charge in [-0.1, -0.05) is 17.7 Å².